The Morgan fingerprint density at radius 2 is 1.86 bits per heavy atom. The molecule has 0 heterocycles. The summed E-state index contributed by atoms with van der Waals surface area (Å²) in [5, 5.41) is 10.9. The van der Waals surface area contributed by atoms with Gasteiger partial charge < -0.3 is 10.0 Å². The second-order valence-electron chi connectivity index (χ2n) is 5.54. The first kappa shape index (κ1) is 15.9. The molecule has 2 aromatic carbocycles. The monoisotopic (exact) mass is 303 g/mol. The molecule has 21 heavy (non-hydrogen) atoms. The summed E-state index contributed by atoms with van der Waals surface area (Å²) in [6.07, 6.45) is 0.111. The summed E-state index contributed by atoms with van der Waals surface area (Å²) in [6, 6.07) is 13.9. The number of aryl methyl sites for hydroxylation is 2. The van der Waals surface area contributed by atoms with Gasteiger partial charge in [-0.2, -0.15) is 0 Å². The third-order valence-corrected chi connectivity index (χ3v) is 4.11. The van der Waals surface area contributed by atoms with E-state index in [1.165, 1.54) is 16.8 Å². The zero-order valence-corrected chi connectivity index (χ0v) is 13.6. The summed E-state index contributed by atoms with van der Waals surface area (Å²) in [5.74, 6) is 0. The van der Waals surface area contributed by atoms with Gasteiger partial charge in [0.2, 0.25) is 0 Å². The van der Waals surface area contributed by atoms with Gasteiger partial charge in [-0.15, -0.1) is 0 Å². The molecule has 112 valence electrons. The van der Waals surface area contributed by atoms with Gasteiger partial charge in [-0.05, 0) is 43.5 Å². The Morgan fingerprint density at radius 3 is 2.52 bits per heavy atom. The maximum Gasteiger partial charge on any atom is 0.0821 e. The Bertz CT molecular complexity index is 612. The van der Waals surface area contributed by atoms with Crippen molar-refractivity contribution in [1.82, 2.24) is 0 Å². The molecular formula is C18H22ClNO. The zero-order chi connectivity index (χ0) is 15.4. The number of hydrogen-bond acceptors (Lipinski definition) is 2. The second kappa shape index (κ2) is 6.97. The van der Waals surface area contributed by atoms with Crippen LogP contribution in [-0.2, 0) is 0 Å². The van der Waals surface area contributed by atoms with E-state index in [4.69, 9.17) is 11.6 Å². The van der Waals surface area contributed by atoms with Gasteiger partial charge >= 0.3 is 0 Å². The van der Waals surface area contributed by atoms with Crippen LogP contribution in [0, 0.1) is 13.8 Å². The van der Waals surface area contributed by atoms with Gasteiger partial charge in [0.15, 0.2) is 0 Å². The molecule has 0 fully saturated rings. The van der Waals surface area contributed by atoms with Crippen LogP contribution in [0.3, 0.4) is 0 Å². The number of benzene rings is 2. The topological polar surface area (TPSA) is 23.5 Å². The van der Waals surface area contributed by atoms with E-state index in [9.17, 15) is 5.11 Å². The van der Waals surface area contributed by atoms with Gasteiger partial charge in [-0.3, -0.25) is 0 Å². The van der Waals surface area contributed by atoms with Crippen molar-refractivity contribution in [3.05, 3.63) is 64.2 Å². The highest BCUT2D eigenvalue weighted by molar-refractivity contribution is 6.31. The largest absolute Gasteiger partial charge is 0.388 e. The molecule has 0 saturated heterocycles. The van der Waals surface area contributed by atoms with Gasteiger partial charge in [0.05, 0.1) is 6.10 Å². The minimum Gasteiger partial charge on any atom is -0.388 e. The minimum atomic E-state index is -0.535. The first-order valence-electron chi connectivity index (χ1n) is 7.20. The molecule has 2 aromatic rings. The molecule has 1 unspecified atom stereocenters. The van der Waals surface area contributed by atoms with E-state index in [2.05, 4.69) is 44.0 Å². The highest BCUT2D eigenvalue weighted by Gasteiger charge is 2.13. The lowest BCUT2D eigenvalue weighted by Crippen LogP contribution is -2.21. The second-order valence-corrected chi connectivity index (χ2v) is 5.94. The van der Waals surface area contributed by atoms with E-state index in [-0.39, 0.29) is 0 Å². The first-order valence-corrected chi connectivity index (χ1v) is 7.57. The average molecular weight is 304 g/mol. The predicted molar refractivity (Wildman–Crippen MR) is 90.2 cm³/mol. The van der Waals surface area contributed by atoms with Crippen molar-refractivity contribution in [2.75, 3.05) is 18.5 Å². The number of nitrogens with zero attached hydrogens (tertiary/aromatic N) is 1. The summed E-state index contributed by atoms with van der Waals surface area (Å²) >= 11 is 6.12. The molecule has 3 heteroatoms. The number of anilines is 1. The van der Waals surface area contributed by atoms with E-state index in [1.807, 2.05) is 24.3 Å². The normalized spacial score (nSPS) is 12.2. The van der Waals surface area contributed by atoms with Gasteiger partial charge in [0.1, 0.15) is 0 Å². The molecule has 0 bridgehead atoms. The number of aliphatic hydroxyl groups excluding tert-OH is 1. The van der Waals surface area contributed by atoms with Crippen LogP contribution in [0.5, 0.6) is 0 Å². The lowest BCUT2D eigenvalue weighted by Gasteiger charge is -2.23. The SMILES string of the molecule is Cc1ccc(N(C)CCC(O)c2ccccc2Cl)c(C)c1. The molecule has 0 aliphatic rings. The van der Waals surface area contributed by atoms with E-state index in [0.717, 1.165) is 12.1 Å². The molecule has 0 spiro atoms. The third-order valence-electron chi connectivity index (χ3n) is 3.77. The Kier molecular flexibility index (Phi) is 5.27. The van der Waals surface area contributed by atoms with Crippen molar-refractivity contribution in [3.63, 3.8) is 0 Å². The van der Waals surface area contributed by atoms with Crippen molar-refractivity contribution in [2.24, 2.45) is 0 Å². The maximum absolute atomic E-state index is 10.3. The number of halogens is 1. The molecule has 2 rings (SSSR count). The Hall–Kier alpha value is -1.51. The summed E-state index contributed by atoms with van der Waals surface area (Å²) < 4.78 is 0. The van der Waals surface area contributed by atoms with Gasteiger partial charge in [-0.25, -0.2) is 0 Å². The molecule has 2 nitrogen and oxygen atoms in total. The highest BCUT2D eigenvalue weighted by Crippen LogP contribution is 2.26. The fourth-order valence-corrected chi connectivity index (χ4v) is 2.83. The molecule has 0 aliphatic carbocycles. The van der Waals surface area contributed by atoms with Crippen LogP contribution >= 0.6 is 11.6 Å². The molecule has 0 radical (unpaired) electrons. The summed E-state index contributed by atoms with van der Waals surface area (Å²) in [7, 11) is 2.05. The van der Waals surface area contributed by atoms with E-state index < -0.39 is 6.10 Å². The van der Waals surface area contributed by atoms with Crippen LogP contribution in [-0.4, -0.2) is 18.7 Å². The van der Waals surface area contributed by atoms with Crippen LogP contribution in [0.2, 0.25) is 5.02 Å². The fourth-order valence-electron chi connectivity index (χ4n) is 2.57. The molecule has 0 aliphatic heterocycles. The third kappa shape index (κ3) is 3.99. The maximum atomic E-state index is 10.3. The van der Waals surface area contributed by atoms with Crippen molar-refractivity contribution in [1.29, 1.82) is 0 Å². The van der Waals surface area contributed by atoms with Crippen LogP contribution in [0.25, 0.3) is 0 Å². The smallest absolute Gasteiger partial charge is 0.0821 e. The van der Waals surface area contributed by atoms with Crippen molar-refractivity contribution >= 4 is 17.3 Å². The van der Waals surface area contributed by atoms with Crippen LogP contribution < -0.4 is 4.90 Å². The number of aliphatic hydroxyl groups is 1. The predicted octanol–water partition coefficient (Wildman–Crippen LogP) is 4.52. The fraction of sp³-hybridized carbons (Fsp3) is 0.333. The van der Waals surface area contributed by atoms with Gasteiger partial charge in [0, 0.05) is 24.3 Å². The van der Waals surface area contributed by atoms with Crippen LogP contribution in [0.1, 0.15) is 29.2 Å². The Morgan fingerprint density at radius 1 is 1.14 bits per heavy atom. The molecular weight excluding hydrogens is 282 g/mol. The lowest BCUT2D eigenvalue weighted by atomic mass is 10.1. The van der Waals surface area contributed by atoms with Crippen molar-refractivity contribution in [3.8, 4) is 0 Å². The summed E-state index contributed by atoms with van der Waals surface area (Å²) in [6.45, 7) is 4.98. The first-order chi connectivity index (χ1) is 9.99. The van der Waals surface area contributed by atoms with E-state index in [0.29, 0.717) is 11.4 Å². The van der Waals surface area contributed by atoms with Crippen molar-refractivity contribution < 1.29 is 5.11 Å². The quantitative estimate of drug-likeness (QED) is 0.878. The zero-order valence-electron chi connectivity index (χ0n) is 12.8. The molecule has 1 atom stereocenters. The van der Waals surface area contributed by atoms with E-state index >= 15 is 0 Å². The average Bonchev–Trinajstić information content (AvgIpc) is 2.45. The minimum absolute atomic E-state index is 0.535. The van der Waals surface area contributed by atoms with E-state index in [1.54, 1.807) is 0 Å². The molecule has 0 amide bonds. The van der Waals surface area contributed by atoms with Crippen LogP contribution in [0.4, 0.5) is 5.69 Å². The lowest BCUT2D eigenvalue weighted by molar-refractivity contribution is 0.170. The summed E-state index contributed by atoms with van der Waals surface area (Å²) in [5.41, 5.74) is 4.52. The molecule has 1 N–H and O–H groups in total. The summed E-state index contributed by atoms with van der Waals surface area (Å²) in [4.78, 5) is 2.18. The number of rotatable bonds is 5. The Balaban J connectivity index is 2.01. The highest BCUT2D eigenvalue weighted by atomic mass is 35.5. The number of hydrogen-bond donors (Lipinski definition) is 1. The van der Waals surface area contributed by atoms with Gasteiger partial charge in [0.25, 0.3) is 0 Å². The van der Waals surface area contributed by atoms with Crippen molar-refractivity contribution in [2.45, 2.75) is 26.4 Å². The molecule has 0 saturated carbocycles. The standard InChI is InChI=1S/C18H22ClNO/c1-13-8-9-17(14(2)12-13)20(3)11-10-18(21)15-6-4-5-7-16(15)19/h4-9,12,18,21H,10-11H2,1-3H3. The van der Waals surface area contributed by atoms with Crippen LogP contribution in [0.15, 0.2) is 42.5 Å². The molecule has 0 aromatic heterocycles. The Labute approximate surface area is 132 Å². The van der Waals surface area contributed by atoms with Gasteiger partial charge in [-0.1, -0.05) is 47.5 Å².